The van der Waals surface area contributed by atoms with Gasteiger partial charge >= 0.3 is 6.18 Å². The molecule has 2 aromatic carbocycles. The van der Waals surface area contributed by atoms with Crippen LogP contribution in [0.15, 0.2) is 36.4 Å². The lowest BCUT2D eigenvalue weighted by Crippen LogP contribution is -2.18. The van der Waals surface area contributed by atoms with Crippen molar-refractivity contribution in [3.05, 3.63) is 58.9 Å². The second-order valence-electron chi connectivity index (χ2n) is 5.47. The highest BCUT2D eigenvalue weighted by Gasteiger charge is 2.34. The summed E-state index contributed by atoms with van der Waals surface area (Å²) in [5, 5.41) is 11.8. The lowest BCUT2D eigenvalue weighted by atomic mass is 10.1. The summed E-state index contributed by atoms with van der Waals surface area (Å²) in [6, 6.07) is 7.80. The maximum atomic E-state index is 13.3. The molecule has 2 N–H and O–H groups in total. The van der Waals surface area contributed by atoms with Gasteiger partial charge in [-0.05, 0) is 35.9 Å². The number of aliphatic hydroxyl groups is 1. The molecule has 142 valence electrons. The molecule has 0 saturated carbocycles. The summed E-state index contributed by atoms with van der Waals surface area (Å²) in [4.78, 5) is 0. The van der Waals surface area contributed by atoms with Crippen molar-refractivity contribution in [1.82, 2.24) is 5.32 Å². The zero-order chi connectivity index (χ0) is 19.2. The van der Waals surface area contributed by atoms with E-state index in [4.69, 9.17) is 14.6 Å². The Hall–Kier alpha value is -2.32. The molecule has 2 rings (SSSR count). The Morgan fingerprint density at radius 3 is 2.54 bits per heavy atom. The Kier molecular flexibility index (Phi) is 6.82. The first-order chi connectivity index (χ1) is 12.3. The molecule has 26 heavy (non-hydrogen) atoms. The van der Waals surface area contributed by atoms with Crippen LogP contribution in [0.4, 0.5) is 17.6 Å². The second kappa shape index (κ2) is 8.86. The van der Waals surface area contributed by atoms with Crippen molar-refractivity contribution in [2.24, 2.45) is 0 Å². The van der Waals surface area contributed by atoms with Gasteiger partial charge in [0.15, 0.2) is 0 Å². The van der Waals surface area contributed by atoms with Gasteiger partial charge in [-0.3, -0.25) is 0 Å². The number of hydrogen-bond acceptors (Lipinski definition) is 4. The van der Waals surface area contributed by atoms with Crippen molar-refractivity contribution in [2.45, 2.75) is 19.3 Å². The highest BCUT2D eigenvalue weighted by molar-refractivity contribution is 5.40. The molecular formula is C18H19F4NO3. The minimum atomic E-state index is -4.76. The van der Waals surface area contributed by atoms with E-state index in [1.165, 1.54) is 13.2 Å². The summed E-state index contributed by atoms with van der Waals surface area (Å²) in [6.07, 6.45) is -4.76. The van der Waals surface area contributed by atoms with Gasteiger partial charge < -0.3 is 19.9 Å². The largest absolute Gasteiger partial charge is 0.497 e. The molecule has 0 aliphatic rings. The molecule has 0 heterocycles. The predicted molar refractivity (Wildman–Crippen MR) is 87.5 cm³/mol. The van der Waals surface area contributed by atoms with Crippen LogP contribution in [0.5, 0.6) is 11.5 Å². The van der Waals surface area contributed by atoms with E-state index in [0.29, 0.717) is 24.6 Å². The van der Waals surface area contributed by atoms with Crippen molar-refractivity contribution in [2.75, 3.05) is 20.3 Å². The van der Waals surface area contributed by atoms with Crippen molar-refractivity contribution < 1.29 is 32.1 Å². The molecule has 0 saturated heterocycles. The molecule has 0 aromatic heterocycles. The van der Waals surface area contributed by atoms with E-state index in [1.54, 1.807) is 18.2 Å². The first-order valence-electron chi connectivity index (χ1n) is 7.82. The van der Waals surface area contributed by atoms with Crippen LogP contribution in [0.2, 0.25) is 0 Å². The van der Waals surface area contributed by atoms with Gasteiger partial charge in [0, 0.05) is 18.7 Å². The third-order valence-electron chi connectivity index (χ3n) is 3.60. The Bertz CT molecular complexity index is 735. The molecule has 0 spiro atoms. The summed E-state index contributed by atoms with van der Waals surface area (Å²) >= 11 is 0. The highest BCUT2D eigenvalue weighted by atomic mass is 19.4. The van der Waals surface area contributed by atoms with Gasteiger partial charge in [0.05, 0.1) is 19.3 Å². The molecule has 4 nitrogen and oxygen atoms in total. The average molecular weight is 373 g/mol. The van der Waals surface area contributed by atoms with Gasteiger partial charge in [-0.25, -0.2) is 4.39 Å². The van der Waals surface area contributed by atoms with Crippen LogP contribution in [-0.2, 0) is 19.3 Å². The minimum Gasteiger partial charge on any atom is -0.497 e. The summed E-state index contributed by atoms with van der Waals surface area (Å²) in [6.45, 7) is 0.576. The monoisotopic (exact) mass is 373 g/mol. The fraction of sp³-hybridized carbons (Fsp3) is 0.333. The number of alkyl halides is 3. The number of rotatable bonds is 8. The zero-order valence-electron chi connectivity index (χ0n) is 14.1. The van der Waals surface area contributed by atoms with Crippen molar-refractivity contribution in [3.8, 4) is 11.5 Å². The quantitative estimate of drug-likeness (QED) is 0.549. The van der Waals surface area contributed by atoms with E-state index in [9.17, 15) is 17.6 Å². The number of halogens is 4. The molecule has 0 unspecified atom stereocenters. The lowest BCUT2D eigenvalue weighted by Gasteiger charge is -2.15. The maximum Gasteiger partial charge on any atom is 0.419 e. The fourth-order valence-electron chi connectivity index (χ4n) is 2.30. The number of hydrogen-bond donors (Lipinski definition) is 2. The van der Waals surface area contributed by atoms with Gasteiger partial charge in [0.1, 0.15) is 23.9 Å². The van der Waals surface area contributed by atoms with E-state index in [-0.39, 0.29) is 18.8 Å². The number of methoxy groups -OCH3 is 1. The molecule has 0 radical (unpaired) electrons. The number of ether oxygens (including phenoxy) is 2. The van der Waals surface area contributed by atoms with E-state index in [2.05, 4.69) is 5.32 Å². The Morgan fingerprint density at radius 2 is 1.88 bits per heavy atom. The molecule has 8 heteroatoms. The van der Waals surface area contributed by atoms with E-state index in [0.717, 1.165) is 17.7 Å². The van der Waals surface area contributed by atoms with Crippen LogP contribution in [0.1, 0.15) is 16.7 Å². The third kappa shape index (κ3) is 5.34. The molecule has 2 aromatic rings. The molecule has 0 atom stereocenters. The third-order valence-corrected chi connectivity index (χ3v) is 3.60. The molecular weight excluding hydrogens is 354 g/mol. The van der Waals surface area contributed by atoms with Crippen LogP contribution in [-0.4, -0.2) is 25.4 Å². The molecule has 0 bridgehead atoms. The Labute approximate surface area is 148 Å². The summed E-state index contributed by atoms with van der Waals surface area (Å²) in [5.74, 6) is -0.270. The molecule has 0 aliphatic carbocycles. The summed E-state index contributed by atoms with van der Waals surface area (Å²) in [7, 11) is 1.51. The van der Waals surface area contributed by atoms with Crippen molar-refractivity contribution in [1.29, 1.82) is 0 Å². The molecule has 0 aliphatic heterocycles. The molecule has 0 amide bonds. The zero-order valence-corrected chi connectivity index (χ0v) is 14.1. The van der Waals surface area contributed by atoms with Crippen molar-refractivity contribution in [3.63, 3.8) is 0 Å². The topological polar surface area (TPSA) is 50.7 Å². The van der Waals surface area contributed by atoms with Gasteiger partial charge in [-0.2, -0.15) is 13.2 Å². The normalized spacial score (nSPS) is 11.5. The minimum absolute atomic E-state index is 0.0318. The van der Waals surface area contributed by atoms with E-state index in [1.807, 2.05) is 0 Å². The van der Waals surface area contributed by atoms with Crippen molar-refractivity contribution >= 4 is 0 Å². The second-order valence-corrected chi connectivity index (χ2v) is 5.47. The first-order valence-corrected chi connectivity index (χ1v) is 7.82. The van der Waals surface area contributed by atoms with Crippen LogP contribution in [0, 0.1) is 5.82 Å². The first kappa shape index (κ1) is 20.0. The van der Waals surface area contributed by atoms with Crippen LogP contribution < -0.4 is 14.8 Å². The Morgan fingerprint density at radius 1 is 1.12 bits per heavy atom. The number of benzene rings is 2. The maximum absolute atomic E-state index is 13.3. The van der Waals surface area contributed by atoms with Gasteiger partial charge in [0.2, 0.25) is 0 Å². The fourth-order valence-corrected chi connectivity index (χ4v) is 2.30. The van der Waals surface area contributed by atoms with E-state index >= 15 is 0 Å². The number of nitrogens with one attached hydrogen (secondary N) is 1. The van der Waals surface area contributed by atoms with Gasteiger partial charge in [0.25, 0.3) is 0 Å². The van der Waals surface area contributed by atoms with Crippen LogP contribution in [0.3, 0.4) is 0 Å². The van der Waals surface area contributed by atoms with Gasteiger partial charge in [-0.15, -0.1) is 0 Å². The average Bonchev–Trinajstić information content (AvgIpc) is 2.60. The SMILES string of the molecule is COc1ccc(OCc2ccc(F)c(C(F)(F)F)c2)c(CNCCO)c1. The Balaban J connectivity index is 2.16. The van der Waals surface area contributed by atoms with E-state index < -0.39 is 17.6 Å². The predicted octanol–water partition coefficient (Wildman–Crippen LogP) is 3.51. The highest BCUT2D eigenvalue weighted by Crippen LogP contribution is 2.32. The van der Waals surface area contributed by atoms with Gasteiger partial charge in [-0.1, -0.05) is 6.07 Å². The van der Waals surface area contributed by atoms with Crippen LogP contribution in [0.25, 0.3) is 0 Å². The van der Waals surface area contributed by atoms with Crippen LogP contribution >= 0.6 is 0 Å². The molecule has 0 fully saturated rings. The summed E-state index contributed by atoms with van der Waals surface area (Å²) in [5.41, 5.74) is -0.405. The smallest absolute Gasteiger partial charge is 0.419 e. The standard InChI is InChI=1S/C18H19F4NO3/c1-25-14-3-5-17(13(9-14)10-23-6-7-24)26-11-12-2-4-16(19)15(8-12)18(20,21)22/h2-5,8-9,23-24H,6-7,10-11H2,1H3. The lowest BCUT2D eigenvalue weighted by molar-refractivity contribution is -0.140. The number of aliphatic hydroxyl groups excluding tert-OH is 1. The summed E-state index contributed by atoms with van der Waals surface area (Å²) < 4.78 is 62.5.